The molecule has 2 aromatic carbocycles. The number of nitrogens with zero attached hydrogens (tertiary/aromatic N) is 2. The zero-order valence-corrected chi connectivity index (χ0v) is 16.0. The zero-order chi connectivity index (χ0) is 19.9. The van der Waals surface area contributed by atoms with Crippen LogP contribution in [0.15, 0.2) is 41.0 Å². The number of rotatable bonds is 3. The van der Waals surface area contributed by atoms with Crippen molar-refractivity contribution in [3.8, 4) is 17.2 Å². The average molecular weight is 407 g/mol. The third-order valence-corrected chi connectivity index (χ3v) is 4.57. The minimum absolute atomic E-state index is 0.101. The van der Waals surface area contributed by atoms with Crippen LogP contribution in [-0.2, 0) is 4.79 Å². The van der Waals surface area contributed by atoms with E-state index in [1.807, 2.05) is 13.8 Å². The Morgan fingerprint density at radius 1 is 1.04 bits per heavy atom. The van der Waals surface area contributed by atoms with Crippen LogP contribution in [0.1, 0.15) is 19.4 Å². The Kier molecular flexibility index (Phi) is 5.04. The lowest BCUT2D eigenvalue weighted by Crippen LogP contribution is -2.22. The third-order valence-electron chi connectivity index (χ3n) is 4.01. The van der Waals surface area contributed by atoms with Crippen molar-refractivity contribution in [2.45, 2.75) is 13.8 Å². The molecule has 1 aliphatic heterocycles. The second-order valence-electron chi connectivity index (χ2n) is 6.31. The molecule has 0 atom stereocenters. The predicted octanol–water partition coefficient (Wildman–Crippen LogP) is 4.55. The lowest BCUT2D eigenvalue weighted by molar-refractivity contribution is -0.114. The summed E-state index contributed by atoms with van der Waals surface area (Å²) in [7, 11) is 0. The summed E-state index contributed by atoms with van der Waals surface area (Å²) in [6, 6.07) is 6.88. The summed E-state index contributed by atoms with van der Waals surface area (Å²) in [5.41, 5.74) is 1.24. The summed E-state index contributed by atoms with van der Waals surface area (Å²) in [6.07, 6.45) is 1.41. The summed E-state index contributed by atoms with van der Waals surface area (Å²) in [4.78, 5) is 13.0. The van der Waals surface area contributed by atoms with Crippen LogP contribution in [0.25, 0.3) is 6.08 Å². The van der Waals surface area contributed by atoms with Crippen LogP contribution in [0.5, 0.6) is 17.2 Å². The molecule has 2 aromatic rings. The highest BCUT2D eigenvalue weighted by Crippen LogP contribution is 2.37. The fourth-order valence-corrected chi connectivity index (χ4v) is 3.02. The quantitative estimate of drug-likeness (QED) is 0.395. The van der Waals surface area contributed by atoms with Gasteiger partial charge in [0.05, 0.1) is 22.0 Å². The lowest BCUT2D eigenvalue weighted by Gasteiger charge is -2.13. The minimum Gasteiger partial charge on any atom is -0.507 e. The van der Waals surface area contributed by atoms with E-state index in [9.17, 15) is 20.1 Å². The normalized spacial score (nSPS) is 15.7. The summed E-state index contributed by atoms with van der Waals surface area (Å²) in [6.45, 7) is 3.74. The largest absolute Gasteiger partial charge is 0.507 e. The molecule has 140 valence electrons. The van der Waals surface area contributed by atoms with Gasteiger partial charge in [-0.25, -0.2) is 0 Å². The SMILES string of the molecule is CC(C)C1=NN(c2cc(Cl)ccc2Cl)C(=O)C1=Cc1cc(O)c(O)cc1O. The molecule has 0 bridgehead atoms. The number of carbonyl (C=O) groups excluding carboxylic acids is 1. The molecule has 0 saturated heterocycles. The molecule has 1 aliphatic rings. The van der Waals surface area contributed by atoms with Gasteiger partial charge in [0.25, 0.3) is 5.91 Å². The number of hydrogen-bond acceptors (Lipinski definition) is 5. The molecule has 0 saturated carbocycles. The van der Waals surface area contributed by atoms with Gasteiger partial charge in [0.2, 0.25) is 0 Å². The summed E-state index contributed by atoms with van der Waals surface area (Å²) in [5, 5.41) is 35.4. The van der Waals surface area contributed by atoms with Gasteiger partial charge >= 0.3 is 0 Å². The van der Waals surface area contributed by atoms with Crippen molar-refractivity contribution in [2.75, 3.05) is 5.01 Å². The van der Waals surface area contributed by atoms with Crippen LogP contribution in [-0.4, -0.2) is 26.9 Å². The first kappa shape index (κ1) is 19.1. The number of amides is 1. The Bertz CT molecular complexity index is 999. The molecule has 3 N–H and O–H groups in total. The lowest BCUT2D eigenvalue weighted by atomic mass is 9.97. The molecule has 1 heterocycles. The van der Waals surface area contributed by atoms with Crippen LogP contribution in [0.4, 0.5) is 5.69 Å². The van der Waals surface area contributed by atoms with Crippen LogP contribution < -0.4 is 5.01 Å². The van der Waals surface area contributed by atoms with Crippen LogP contribution in [0.3, 0.4) is 0 Å². The van der Waals surface area contributed by atoms with Crippen molar-refractivity contribution >= 4 is 46.6 Å². The van der Waals surface area contributed by atoms with E-state index in [-0.39, 0.29) is 22.8 Å². The number of hydrogen-bond donors (Lipinski definition) is 3. The standard InChI is InChI=1S/C19H16Cl2N2O4/c1-9(2)18-12(5-10-6-16(25)17(26)8-15(10)24)19(27)23(22-18)14-7-11(20)3-4-13(14)21/h3-9,24-26H,1-2H3. The molecule has 0 radical (unpaired) electrons. The van der Waals surface area contributed by atoms with Crippen molar-refractivity contribution in [3.05, 3.63) is 51.5 Å². The van der Waals surface area contributed by atoms with Gasteiger partial charge in [-0.1, -0.05) is 37.0 Å². The molecule has 0 unspecified atom stereocenters. The molecule has 0 aromatic heterocycles. The van der Waals surface area contributed by atoms with E-state index < -0.39 is 17.4 Å². The van der Waals surface area contributed by atoms with E-state index in [2.05, 4.69) is 5.10 Å². The molecule has 3 rings (SSSR count). The fraction of sp³-hybridized carbons (Fsp3) is 0.158. The minimum atomic E-state index is -0.461. The number of anilines is 1. The Labute approximate surface area is 165 Å². The van der Waals surface area contributed by atoms with Crippen LogP contribution >= 0.6 is 23.2 Å². The van der Waals surface area contributed by atoms with E-state index in [1.165, 1.54) is 12.1 Å². The fourth-order valence-electron chi connectivity index (χ4n) is 2.66. The Balaban J connectivity index is 2.12. The van der Waals surface area contributed by atoms with Crippen molar-refractivity contribution in [1.29, 1.82) is 0 Å². The average Bonchev–Trinajstić information content (AvgIpc) is 2.92. The van der Waals surface area contributed by atoms with Gasteiger partial charge < -0.3 is 15.3 Å². The van der Waals surface area contributed by atoms with E-state index in [0.29, 0.717) is 21.4 Å². The molecule has 0 fully saturated rings. The zero-order valence-electron chi connectivity index (χ0n) is 14.4. The van der Waals surface area contributed by atoms with Crippen molar-refractivity contribution in [1.82, 2.24) is 0 Å². The Hall–Kier alpha value is -2.70. The highest BCUT2D eigenvalue weighted by atomic mass is 35.5. The molecular formula is C19H16Cl2N2O4. The topological polar surface area (TPSA) is 93.4 Å². The smallest absolute Gasteiger partial charge is 0.280 e. The molecule has 1 amide bonds. The maximum Gasteiger partial charge on any atom is 0.280 e. The second-order valence-corrected chi connectivity index (χ2v) is 7.15. The van der Waals surface area contributed by atoms with Crippen molar-refractivity contribution < 1.29 is 20.1 Å². The maximum atomic E-state index is 13.0. The predicted molar refractivity (Wildman–Crippen MR) is 106 cm³/mol. The highest BCUT2D eigenvalue weighted by molar-refractivity contribution is 6.38. The van der Waals surface area contributed by atoms with Crippen LogP contribution in [0.2, 0.25) is 10.0 Å². The summed E-state index contributed by atoms with van der Waals surface area (Å²) in [5.74, 6) is -1.71. The molecule has 0 spiro atoms. The van der Waals surface area contributed by atoms with E-state index >= 15 is 0 Å². The maximum absolute atomic E-state index is 13.0. The molecule has 8 heteroatoms. The van der Waals surface area contributed by atoms with E-state index in [0.717, 1.165) is 17.1 Å². The summed E-state index contributed by atoms with van der Waals surface area (Å²) >= 11 is 12.2. The molecule has 6 nitrogen and oxygen atoms in total. The van der Waals surface area contributed by atoms with Gasteiger partial charge in [0.15, 0.2) is 11.5 Å². The summed E-state index contributed by atoms with van der Waals surface area (Å²) < 4.78 is 0. The Morgan fingerprint density at radius 3 is 2.37 bits per heavy atom. The van der Waals surface area contributed by atoms with Crippen LogP contribution in [0, 0.1) is 5.92 Å². The van der Waals surface area contributed by atoms with Gasteiger partial charge in [-0.05, 0) is 36.3 Å². The number of aromatic hydroxyl groups is 3. The van der Waals surface area contributed by atoms with Crippen molar-refractivity contribution in [2.24, 2.45) is 11.0 Å². The number of phenols is 3. The molecule has 27 heavy (non-hydrogen) atoms. The van der Waals surface area contributed by atoms with Gasteiger partial charge in [-0.2, -0.15) is 10.1 Å². The highest BCUT2D eigenvalue weighted by Gasteiger charge is 2.34. The van der Waals surface area contributed by atoms with E-state index in [1.54, 1.807) is 12.1 Å². The Morgan fingerprint density at radius 2 is 1.70 bits per heavy atom. The van der Waals surface area contributed by atoms with E-state index in [4.69, 9.17) is 23.2 Å². The number of halogens is 2. The number of benzene rings is 2. The monoisotopic (exact) mass is 406 g/mol. The van der Waals surface area contributed by atoms with Gasteiger partial charge in [-0.3, -0.25) is 4.79 Å². The number of phenolic OH excluding ortho intramolecular Hbond substituents is 3. The van der Waals surface area contributed by atoms with Gasteiger partial charge in [0, 0.05) is 16.7 Å². The first-order valence-electron chi connectivity index (χ1n) is 8.04. The van der Waals surface area contributed by atoms with Gasteiger partial charge in [-0.15, -0.1) is 0 Å². The van der Waals surface area contributed by atoms with Crippen molar-refractivity contribution in [3.63, 3.8) is 0 Å². The number of hydrazone groups is 1. The molecule has 0 aliphatic carbocycles. The number of carbonyl (C=O) groups is 1. The van der Waals surface area contributed by atoms with Gasteiger partial charge in [0.1, 0.15) is 5.75 Å². The molecular weight excluding hydrogens is 391 g/mol. The third kappa shape index (κ3) is 3.59. The second kappa shape index (κ2) is 7.13. The first-order valence-corrected chi connectivity index (χ1v) is 8.79. The first-order chi connectivity index (χ1) is 12.7.